The van der Waals surface area contributed by atoms with Gasteiger partial charge >= 0.3 is 0 Å². The highest BCUT2D eigenvalue weighted by molar-refractivity contribution is 6.21. The smallest absolute Gasteiger partial charge is 0.100 e. The lowest BCUT2D eigenvalue weighted by Crippen LogP contribution is -2.26. The maximum Gasteiger partial charge on any atom is 0.100 e. The quantitative estimate of drug-likeness (QED) is 0.164. The monoisotopic (exact) mass is 1120 g/mol. The minimum atomic E-state index is -0.986. The molecule has 89 heavy (non-hydrogen) atoms. The van der Waals surface area contributed by atoms with Crippen LogP contribution in [0.15, 0.2) is 267 Å². The number of rotatable bonds is 4. The van der Waals surface area contributed by atoms with E-state index < -0.39 is 5.41 Å². The molecular weight excluding hydrogens is 1080 g/mol. The second kappa shape index (κ2) is 18.8. The average Bonchev–Trinajstić information content (AvgIpc) is 1.51. The summed E-state index contributed by atoms with van der Waals surface area (Å²) in [7, 11) is 0. The number of nitriles is 4. The normalized spacial score (nSPS) is 12.5. The van der Waals surface area contributed by atoms with Crippen molar-refractivity contribution in [3.05, 3.63) is 311 Å². The van der Waals surface area contributed by atoms with Crippen molar-refractivity contribution in [3.63, 3.8) is 0 Å². The van der Waals surface area contributed by atoms with Crippen molar-refractivity contribution in [1.29, 1.82) is 21.0 Å². The van der Waals surface area contributed by atoms with Crippen molar-refractivity contribution in [2.45, 2.75) is 5.41 Å². The van der Waals surface area contributed by atoms with E-state index in [2.05, 4.69) is 243 Å². The van der Waals surface area contributed by atoms with Gasteiger partial charge in [-0.2, -0.15) is 21.0 Å². The maximum atomic E-state index is 10.9. The van der Waals surface area contributed by atoms with Gasteiger partial charge in [0.1, 0.15) is 24.3 Å². The van der Waals surface area contributed by atoms with Crippen LogP contribution in [-0.2, 0) is 5.41 Å². The van der Waals surface area contributed by atoms with Gasteiger partial charge in [-0.3, -0.25) is 0 Å². The van der Waals surface area contributed by atoms with E-state index in [1.807, 2.05) is 48.5 Å². The molecule has 16 aromatic carbocycles. The molecule has 2 aliphatic carbocycles. The van der Waals surface area contributed by atoms with Crippen LogP contribution in [0.3, 0.4) is 0 Å². The third-order valence-electron chi connectivity index (χ3n) is 19.6. The SMILES string of the molecule is N#Cc1c2ccccc2c(-c2ccc3c(c2)C2(c4cc(-c5c6ccccc6c(C#N)c6ccccc56)ccc4-3)c3cc(-c4c5ccccc5c(C#N)c5ccccc45)ccc3-c3ccc(-c4c5ccccc5c(C#N)c5ccccc45)cc32)c2ccccc12. The molecule has 0 saturated carbocycles. The molecule has 0 amide bonds. The van der Waals surface area contributed by atoms with Gasteiger partial charge in [-0.15, -0.1) is 0 Å². The van der Waals surface area contributed by atoms with Crippen LogP contribution < -0.4 is 0 Å². The number of fused-ring (bicyclic) bond motifs is 18. The molecule has 0 saturated heterocycles. The lowest BCUT2D eigenvalue weighted by molar-refractivity contribution is 0.795. The average molecular weight is 1120 g/mol. The Morgan fingerprint density at radius 3 is 0.506 bits per heavy atom. The summed E-state index contributed by atoms with van der Waals surface area (Å²) in [5.41, 5.74) is 19.0. The van der Waals surface area contributed by atoms with Gasteiger partial charge in [0.05, 0.1) is 27.7 Å². The Morgan fingerprint density at radius 2 is 0.348 bits per heavy atom. The van der Waals surface area contributed by atoms with E-state index in [1.165, 1.54) is 0 Å². The topological polar surface area (TPSA) is 95.2 Å². The fourth-order valence-corrected chi connectivity index (χ4v) is 16.1. The van der Waals surface area contributed by atoms with E-state index in [4.69, 9.17) is 0 Å². The Hall–Kier alpha value is -12.4. The van der Waals surface area contributed by atoms with E-state index in [-0.39, 0.29) is 0 Å². The van der Waals surface area contributed by atoms with Crippen LogP contribution in [-0.4, -0.2) is 0 Å². The largest absolute Gasteiger partial charge is 0.192 e. The zero-order valence-corrected chi connectivity index (χ0v) is 47.7. The van der Waals surface area contributed by atoms with E-state index in [0.29, 0.717) is 22.3 Å². The van der Waals surface area contributed by atoms with E-state index in [0.717, 1.165) is 175 Å². The number of hydrogen-bond acceptors (Lipinski definition) is 4. The Kier molecular flexibility index (Phi) is 10.5. The summed E-state index contributed by atoms with van der Waals surface area (Å²) in [6.07, 6.45) is 0. The predicted molar refractivity (Wildman–Crippen MR) is 363 cm³/mol. The van der Waals surface area contributed by atoms with Crippen LogP contribution in [0.1, 0.15) is 44.5 Å². The molecule has 4 heteroatoms. The molecule has 2 aliphatic rings. The first-order valence-corrected chi connectivity index (χ1v) is 30.0. The third kappa shape index (κ3) is 6.67. The van der Waals surface area contributed by atoms with Crippen molar-refractivity contribution < 1.29 is 0 Å². The molecule has 0 heterocycles. The Labute approximate surface area is 512 Å². The highest BCUT2D eigenvalue weighted by Gasteiger charge is 2.52. The fraction of sp³-hybridized carbons (Fsp3) is 0.0118. The Balaban J connectivity index is 1.02. The zero-order chi connectivity index (χ0) is 59.2. The number of hydrogen-bond donors (Lipinski definition) is 0. The third-order valence-corrected chi connectivity index (χ3v) is 19.6. The minimum absolute atomic E-state index is 0.657. The summed E-state index contributed by atoms with van der Waals surface area (Å²) in [6, 6.07) is 105. The highest BCUT2D eigenvalue weighted by Crippen LogP contribution is 2.65. The van der Waals surface area contributed by atoms with Gasteiger partial charge in [0, 0.05) is 43.1 Å². The van der Waals surface area contributed by atoms with Crippen LogP contribution in [0.4, 0.5) is 0 Å². The molecular formula is C85H44N4. The first kappa shape index (κ1) is 49.9. The number of benzene rings is 16. The van der Waals surface area contributed by atoms with Gasteiger partial charge in [0.25, 0.3) is 0 Å². The van der Waals surface area contributed by atoms with E-state index in [9.17, 15) is 21.0 Å². The van der Waals surface area contributed by atoms with Gasteiger partial charge in [0.2, 0.25) is 0 Å². The molecule has 16 aromatic rings. The van der Waals surface area contributed by atoms with Gasteiger partial charge in [-0.1, -0.05) is 243 Å². The molecule has 1 spiro atoms. The molecule has 0 aromatic heterocycles. The van der Waals surface area contributed by atoms with Gasteiger partial charge in [-0.25, -0.2) is 0 Å². The maximum absolute atomic E-state index is 10.9. The first-order chi connectivity index (χ1) is 44.0. The van der Waals surface area contributed by atoms with Gasteiger partial charge < -0.3 is 0 Å². The zero-order valence-electron chi connectivity index (χ0n) is 47.7. The van der Waals surface area contributed by atoms with Crippen LogP contribution >= 0.6 is 0 Å². The summed E-state index contributed by atoms with van der Waals surface area (Å²) in [5, 5.41) is 58.9. The first-order valence-electron chi connectivity index (χ1n) is 30.0. The van der Waals surface area contributed by atoms with Crippen LogP contribution in [0, 0.1) is 45.3 Å². The molecule has 0 bridgehead atoms. The molecule has 0 radical (unpaired) electrons. The van der Waals surface area contributed by atoms with E-state index in [1.54, 1.807) is 0 Å². The van der Waals surface area contributed by atoms with Gasteiger partial charge in [-0.05, 0) is 156 Å². The molecule has 18 rings (SSSR count). The van der Waals surface area contributed by atoms with Crippen molar-refractivity contribution in [3.8, 4) is 91.0 Å². The van der Waals surface area contributed by atoms with Crippen LogP contribution in [0.5, 0.6) is 0 Å². The number of nitrogens with zero attached hydrogens (tertiary/aromatic N) is 4. The van der Waals surface area contributed by atoms with Crippen molar-refractivity contribution in [1.82, 2.24) is 0 Å². The molecule has 0 fully saturated rings. The van der Waals surface area contributed by atoms with E-state index >= 15 is 0 Å². The van der Waals surface area contributed by atoms with Crippen molar-refractivity contribution in [2.75, 3.05) is 0 Å². The van der Waals surface area contributed by atoms with Gasteiger partial charge in [0.15, 0.2) is 0 Å². The summed E-state index contributed by atoms with van der Waals surface area (Å²) in [4.78, 5) is 0. The minimum Gasteiger partial charge on any atom is -0.192 e. The summed E-state index contributed by atoms with van der Waals surface area (Å²) >= 11 is 0. The Bertz CT molecular complexity index is 5130. The van der Waals surface area contributed by atoms with Crippen molar-refractivity contribution >= 4 is 86.2 Å². The van der Waals surface area contributed by atoms with Crippen LogP contribution in [0.2, 0.25) is 0 Å². The van der Waals surface area contributed by atoms with Crippen molar-refractivity contribution in [2.24, 2.45) is 0 Å². The summed E-state index contributed by atoms with van der Waals surface area (Å²) < 4.78 is 0. The molecule has 0 atom stereocenters. The van der Waals surface area contributed by atoms with Crippen LogP contribution in [0.25, 0.3) is 153 Å². The lowest BCUT2D eigenvalue weighted by atomic mass is 9.68. The molecule has 0 aliphatic heterocycles. The molecule has 0 N–H and O–H groups in total. The Morgan fingerprint density at radius 1 is 0.191 bits per heavy atom. The summed E-state index contributed by atoms with van der Waals surface area (Å²) in [5.74, 6) is 0. The molecule has 0 unspecified atom stereocenters. The lowest BCUT2D eigenvalue weighted by Gasteiger charge is -2.32. The second-order valence-electron chi connectivity index (χ2n) is 23.6. The second-order valence-corrected chi connectivity index (χ2v) is 23.6. The predicted octanol–water partition coefficient (Wildman–Crippen LogP) is 21.4. The molecule has 4 nitrogen and oxygen atoms in total. The standard InChI is InChI=1S/C85H44N4/c86-45-73-53-17-1-9-25-65(53)81(66-26-10-2-18-54(66)73)49-33-37-61-62-38-34-50(82-67-27-11-3-19-55(67)74(46-87)56-20-4-12-28-68(56)82)42-78(62)85(77(61)41-49)79-43-51(83-69-29-13-5-21-57(69)75(47-88)58-22-6-14-30-70(58)83)35-39-63(79)64-40-36-52(44-80(64)85)84-71-31-15-7-23-59(71)76(48-89)60-24-8-16-32-72(60)84/h1-44H. The summed E-state index contributed by atoms with van der Waals surface area (Å²) in [6.45, 7) is 0. The molecule has 404 valence electrons. The highest BCUT2D eigenvalue weighted by atomic mass is 14.5. The fourth-order valence-electron chi connectivity index (χ4n) is 16.1.